The van der Waals surface area contributed by atoms with E-state index in [1.54, 1.807) is 0 Å². The smallest absolute Gasteiger partial charge is 0.251 e. The maximum absolute atomic E-state index is 12.5. The van der Waals surface area contributed by atoms with Crippen molar-refractivity contribution in [3.63, 3.8) is 0 Å². The third-order valence-corrected chi connectivity index (χ3v) is 6.04. The van der Waals surface area contributed by atoms with Gasteiger partial charge in [-0.2, -0.15) is 0 Å². The molecule has 1 saturated heterocycles. The zero-order valence-corrected chi connectivity index (χ0v) is 15.9. The average Bonchev–Trinajstić information content (AvgIpc) is 2.82. The Hall–Kier alpha value is -1.44. The van der Waals surface area contributed by atoms with Gasteiger partial charge in [0, 0.05) is 18.0 Å². The third-order valence-electron chi connectivity index (χ3n) is 4.87. The standard InChI is InChI=1S/C18H27N3O3S/c1-10-4-5-13-14(6-10)25-18(16(13)17(19)23)20-15(22)9-21-7-11(2)24-12(3)8-21/h10-12H,4-9H2,1-3H3,(H2,19,23)(H,20,22)/t10-,11+,12+/m0/s1. The van der Waals surface area contributed by atoms with Crippen molar-refractivity contribution in [1.82, 2.24) is 4.90 Å². The van der Waals surface area contributed by atoms with Gasteiger partial charge in [0.15, 0.2) is 0 Å². The van der Waals surface area contributed by atoms with Gasteiger partial charge < -0.3 is 15.8 Å². The van der Waals surface area contributed by atoms with Crippen molar-refractivity contribution < 1.29 is 14.3 Å². The number of carbonyl (C=O) groups excluding carboxylic acids is 2. The lowest BCUT2D eigenvalue weighted by atomic mass is 9.88. The van der Waals surface area contributed by atoms with Crippen molar-refractivity contribution in [2.45, 2.75) is 52.2 Å². The first-order valence-corrected chi connectivity index (χ1v) is 9.77. The molecule has 3 N–H and O–H groups in total. The van der Waals surface area contributed by atoms with Crippen LogP contribution in [-0.4, -0.2) is 48.6 Å². The molecule has 2 heterocycles. The Balaban J connectivity index is 1.72. The molecule has 2 aliphatic rings. The molecule has 1 aromatic heterocycles. The quantitative estimate of drug-likeness (QED) is 0.855. The van der Waals surface area contributed by atoms with E-state index in [0.717, 1.165) is 37.9 Å². The van der Waals surface area contributed by atoms with Crippen LogP contribution < -0.4 is 11.1 Å². The highest BCUT2D eigenvalue weighted by Gasteiger charge is 2.28. The molecule has 7 heteroatoms. The molecule has 2 amide bonds. The van der Waals surface area contributed by atoms with Gasteiger partial charge in [-0.05, 0) is 44.6 Å². The molecular formula is C18H27N3O3S. The molecule has 1 aliphatic heterocycles. The molecule has 0 saturated carbocycles. The predicted octanol–water partition coefficient (Wildman–Crippen LogP) is 2.02. The topological polar surface area (TPSA) is 84.7 Å². The molecule has 25 heavy (non-hydrogen) atoms. The van der Waals surface area contributed by atoms with Gasteiger partial charge in [0.25, 0.3) is 5.91 Å². The number of ether oxygens (including phenoxy) is 1. The fraction of sp³-hybridized carbons (Fsp3) is 0.667. The van der Waals surface area contributed by atoms with E-state index in [4.69, 9.17) is 10.5 Å². The Morgan fingerprint density at radius 2 is 1.96 bits per heavy atom. The van der Waals surface area contributed by atoms with Crippen molar-refractivity contribution in [3.05, 3.63) is 16.0 Å². The normalized spacial score (nSPS) is 26.9. The molecular weight excluding hydrogens is 338 g/mol. The number of hydrogen-bond donors (Lipinski definition) is 2. The second-order valence-corrected chi connectivity index (χ2v) is 8.52. The number of anilines is 1. The van der Waals surface area contributed by atoms with E-state index in [2.05, 4.69) is 17.1 Å². The lowest BCUT2D eigenvalue weighted by Gasteiger charge is -2.34. The highest BCUT2D eigenvalue weighted by Crippen LogP contribution is 2.39. The van der Waals surface area contributed by atoms with Crippen molar-refractivity contribution in [2.24, 2.45) is 11.7 Å². The van der Waals surface area contributed by atoms with E-state index < -0.39 is 5.91 Å². The van der Waals surface area contributed by atoms with Crippen molar-refractivity contribution in [3.8, 4) is 0 Å². The van der Waals surface area contributed by atoms with Crippen molar-refractivity contribution in [1.29, 1.82) is 0 Å². The number of hydrogen-bond acceptors (Lipinski definition) is 5. The molecule has 1 aliphatic carbocycles. The van der Waals surface area contributed by atoms with Gasteiger partial charge in [0.05, 0.1) is 24.3 Å². The Morgan fingerprint density at radius 1 is 1.28 bits per heavy atom. The van der Waals surface area contributed by atoms with Gasteiger partial charge >= 0.3 is 0 Å². The van der Waals surface area contributed by atoms with Crippen molar-refractivity contribution in [2.75, 3.05) is 25.0 Å². The molecule has 1 aromatic rings. The third kappa shape index (κ3) is 4.22. The van der Waals surface area contributed by atoms with Crippen LogP contribution >= 0.6 is 11.3 Å². The van der Waals surface area contributed by atoms with Crippen LogP contribution in [0.25, 0.3) is 0 Å². The van der Waals surface area contributed by atoms with E-state index in [1.165, 1.54) is 16.2 Å². The predicted molar refractivity (Wildman–Crippen MR) is 99.1 cm³/mol. The lowest BCUT2D eigenvalue weighted by molar-refractivity contribution is -0.121. The summed E-state index contributed by atoms with van der Waals surface area (Å²) in [5.41, 5.74) is 7.16. The SMILES string of the molecule is C[C@H]1CCc2c(sc(NC(=O)CN3C[C@@H](C)O[C@H](C)C3)c2C(N)=O)C1. The number of nitrogens with two attached hydrogens (primary N) is 1. The summed E-state index contributed by atoms with van der Waals surface area (Å²) >= 11 is 1.51. The molecule has 0 aromatic carbocycles. The molecule has 3 atom stereocenters. The van der Waals surface area contributed by atoms with E-state index in [9.17, 15) is 9.59 Å². The number of rotatable bonds is 4. The van der Waals surface area contributed by atoms with Crippen LogP contribution in [0.5, 0.6) is 0 Å². The minimum Gasteiger partial charge on any atom is -0.373 e. The minimum absolute atomic E-state index is 0.101. The first kappa shape index (κ1) is 18.4. The zero-order chi connectivity index (χ0) is 18.1. The lowest BCUT2D eigenvalue weighted by Crippen LogP contribution is -2.48. The molecule has 6 nitrogen and oxygen atoms in total. The van der Waals surface area contributed by atoms with E-state index in [0.29, 0.717) is 23.0 Å². The Kier molecular flexibility index (Phi) is 5.46. The Morgan fingerprint density at radius 3 is 2.60 bits per heavy atom. The van der Waals surface area contributed by atoms with Crippen LogP contribution in [0.2, 0.25) is 0 Å². The Bertz CT molecular complexity index is 663. The van der Waals surface area contributed by atoms with Gasteiger partial charge in [-0.3, -0.25) is 14.5 Å². The fourth-order valence-corrected chi connectivity index (χ4v) is 5.31. The molecule has 3 rings (SSSR count). The maximum atomic E-state index is 12.5. The highest BCUT2D eigenvalue weighted by atomic mass is 32.1. The molecule has 0 unspecified atom stereocenters. The second-order valence-electron chi connectivity index (χ2n) is 7.42. The molecule has 0 spiro atoms. The largest absolute Gasteiger partial charge is 0.373 e. The summed E-state index contributed by atoms with van der Waals surface area (Å²) in [6.07, 6.45) is 3.11. The number of nitrogens with one attached hydrogen (secondary N) is 1. The first-order valence-electron chi connectivity index (χ1n) is 8.95. The number of thiophene rings is 1. The summed E-state index contributed by atoms with van der Waals surface area (Å²) in [5.74, 6) is 0.0539. The summed E-state index contributed by atoms with van der Waals surface area (Å²) in [4.78, 5) is 27.7. The number of primary amides is 1. The van der Waals surface area contributed by atoms with Crippen LogP contribution in [0, 0.1) is 5.92 Å². The van der Waals surface area contributed by atoms with Crippen LogP contribution in [0.3, 0.4) is 0 Å². The molecule has 1 fully saturated rings. The summed E-state index contributed by atoms with van der Waals surface area (Å²) < 4.78 is 5.70. The Labute approximate surface area is 152 Å². The molecule has 0 radical (unpaired) electrons. The summed E-state index contributed by atoms with van der Waals surface area (Å²) in [5, 5.41) is 3.55. The number of nitrogens with zero attached hydrogens (tertiary/aromatic N) is 1. The minimum atomic E-state index is -0.448. The van der Waals surface area contributed by atoms with E-state index >= 15 is 0 Å². The van der Waals surface area contributed by atoms with Crippen LogP contribution in [-0.2, 0) is 22.4 Å². The number of morpholine rings is 1. The van der Waals surface area contributed by atoms with Crippen LogP contribution in [0.4, 0.5) is 5.00 Å². The van der Waals surface area contributed by atoms with Crippen molar-refractivity contribution >= 4 is 28.2 Å². The van der Waals surface area contributed by atoms with Crippen LogP contribution in [0.1, 0.15) is 48.0 Å². The maximum Gasteiger partial charge on any atom is 0.251 e. The molecule has 0 bridgehead atoms. The fourth-order valence-electron chi connectivity index (χ4n) is 3.88. The number of amides is 2. The number of carbonyl (C=O) groups is 2. The summed E-state index contributed by atoms with van der Waals surface area (Å²) in [6.45, 7) is 8.01. The van der Waals surface area contributed by atoms with Gasteiger partial charge in [-0.15, -0.1) is 11.3 Å². The van der Waals surface area contributed by atoms with Crippen LogP contribution in [0.15, 0.2) is 0 Å². The van der Waals surface area contributed by atoms with E-state index in [1.807, 2.05) is 13.8 Å². The second kappa shape index (κ2) is 7.43. The van der Waals surface area contributed by atoms with Gasteiger partial charge in [0.2, 0.25) is 5.91 Å². The zero-order valence-electron chi connectivity index (χ0n) is 15.1. The molecule has 138 valence electrons. The average molecular weight is 365 g/mol. The first-order chi connectivity index (χ1) is 11.8. The summed E-state index contributed by atoms with van der Waals surface area (Å²) in [6, 6.07) is 0. The highest BCUT2D eigenvalue weighted by molar-refractivity contribution is 7.17. The van der Waals surface area contributed by atoms with Gasteiger partial charge in [-0.25, -0.2) is 0 Å². The van der Waals surface area contributed by atoms with E-state index in [-0.39, 0.29) is 18.1 Å². The summed E-state index contributed by atoms with van der Waals surface area (Å²) in [7, 11) is 0. The van der Waals surface area contributed by atoms with Gasteiger partial charge in [0.1, 0.15) is 5.00 Å². The van der Waals surface area contributed by atoms with Gasteiger partial charge in [-0.1, -0.05) is 6.92 Å². The number of fused-ring (bicyclic) bond motifs is 1. The monoisotopic (exact) mass is 365 g/mol.